The van der Waals surface area contributed by atoms with Gasteiger partial charge in [-0.05, 0) is 31.5 Å². The van der Waals surface area contributed by atoms with Crippen molar-refractivity contribution in [3.63, 3.8) is 0 Å². The minimum atomic E-state index is -0.682. The molecule has 2 rings (SSSR count). The number of carbonyl (C=O) groups excluding carboxylic acids is 1. The molecule has 1 aromatic heterocycles. The molecule has 1 amide bonds. The fourth-order valence-corrected chi connectivity index (χ4v) is 1.40. The van der Waals surface area contributed by atoms with E-state index in [-0.39, 0.29) is 0 Å². The van der Waals surface area contributed by atoms with Crippen LogP contribution in [0.2, 0.25) is 0 Å². The van der Waals surface area contributed by atoms with Gasteiger partial charge >= 0.3 is 6.09 Å². The number of fused-ring (bicyclic) bond motifs is 1. The van der Waals surface area contributed by atoms with Crippen molar-refractivity contribution in [3.05, 3.63) is 23.8 Å². The lowest BCUT2D eigenvalue weighted by Gasteiger charge is -1.96. The highest BCUT2D eigenvalue weighted by atomic mass is 16.7. The molecule has 6 heteroatoms. The van der Waals surface area contributed by atoms with E-state index in [9.17, 15) is 4.79 Å². The van der Waals surface area contributed by atoms with Crippen LogP contribution in [0.25, 0.3) is 11.0 Å². The molecule has 0 spiro atoms. The Balaban J connectivity index is 2.16. The molecule has 1 heterocycles. The molecule has 88 valence electrons. The molecule has 0 aliphatic heterocycles. The number of hydrogen-bond donors (Lipinski definition) is 2. The summed E-state index contributed by atoms with van der Waals surface area (Å²) in [5.41, 5.74) is 2.76. The number of imidazole rings is 1. The Hall–Kier alpha value is -2.37. The summed E-state index contributed by atoms with van der Waals surface area (Å²) in [6, 6.07) is 5.78. The molecule has 1 aromatic carbocycles. The number of rotatable bonds is 2. The summed E-state index contributed by atoms with van der Waals surface area (Å²) >= 11 is 0. The predicted molar refractivity (Wildman–Crippen MR) is 65.1 cm³/mol. The van der Waals surface area contributed by atoms with E-state index in [4.69, 9.17) is 0 Å². The van der Waals surface area contributed by atoms with E-state index in [1.54, 1.807) is 6.92 Å². The van der Waals surface area contributed by atoms with Crippen LogP contribution in [0.1, 0.15) is 12.5 Å². The van der Waals surface area contributed by atoms with Gasteiger partial charge in [-0.1, -0.05) is 11.2 Å². The molecule has 0 aliphatic rings. The zero-order valence-electron chi connectivity index (χ0n) is 9.52. The molecule has 6 nitrogen and oxygen atoms in total. The first-order valence-electron chi connectivity index (χ1n) is 5.11. The van der Waals surface area contributed by atoms with Crippen LogP contribution in [0.3, 0.4) is 0 Å². The molecular weight excluding hydrogens is 220 g/mol. The van der Waals surface area contributed by atoms with Gasteiger partial charge in [0.2, 0.25) is 5.95 Å². The SMILES string of the molecule is CC=NOC(=O)Nc1nc2ccc(C)cc2[nH]1. The average molecular weight is 232 g/mol. The van der Waals surface area contributed by atoms with Crippen molar-refractivity contribution in [2.45, 2.75) is 13.8 Å². The summed E-state index contributed by atoms with van der Waals surface area (Å²) in [4.78, 5) is 22.8. The third-order valence-electron chi connectivity index (χ3n) is 2.10. The van der Waals surface area contributed by atoms with E-state index in [1.807, 2.05) is 25.1 Å². The van der Waals surface area contributed by atoms with Crippen molar-refractivity contribution >= 4 is 29.3 Å². The molecule has 0 fully saturated rings. The van der Waals surface area contributed by atoms with Crippen LogP contribution in [-0.2, 0) is 4.84 Å². The Morgan fingerprint density at radius 3 is 3.18 bits per heavy atom. The number of nitrogens with zero attached hydrogens (tertiary/aromatic N) is 2. The van der Waals surface area contributed by atoms with Crippen LogP contribution in [0.5, 0.6) is 0 Å². The number of aromatic amines is 1. The Morgan fingerprint density at radius 1 is 1.59 bits per heavy atom. The Morgan fingerprint density at radius 2 is 2.41 bits per heavy atom. The average Bonchev–Trinajstić information content (AvgIpc) is 2.67. The summed E-state index contributed by atoms with van der Waals surface area (Å²) in [5.74, 6) is 0.335. The van der Waals surface area contributed by atoms with Gasteiger partial charge in [0.25, 0.3) is 0 Å². The van der Waals surface area contributed by atoms with E-state index in [2.05, 4.69) is 25.3 Å². The Kier molecular flexibility index (Phi) is 3.04. The maximum Gasteiger partial charge on any atom is 0.440 e. The van der Waals surface area contributed by atoms with Gasteiger partial charge in [0.05, 0.1) is 11.0 Å². The highest BCUT2D eigenvalue weighted by Crippen LogP contribution is 2.15. The highest BCUT2D eigenvalue weighted by molar-refractivity contribution is 5.86. The lowest BCUT2D eigenvalue weighted by atomic mass is 10.2. The fourth-order valence-electron chi connectivity index (χ4n) is 1.40. The number of aromatic nitrogens is 2. The molecule has 2 N–H and O–H groups in total. The molecule has 17 heavy (non-hydrogen) atoms. The van der Waals surface area contributed by atoms with Gasteiger partial charge < -0.3 is 4.98 Å². The first-order chi connectivity index (χ1) is 8.19. The second-order valence-corrected chi connectivity index (χ2v) is 3.47. The molecule has 0 saturated carbocycles. The number of carbonyl (C=O) groups is 1. The standard InChI is InChI=1S/C11H12N4O2/c1-3-12-17-11(16)15-10-13-8-5-4-7(2)6-9(8)14-10/h3-6H,1-2H3,(H2,13,14,15,16). The number of nitrogens with one attached hydrogen (secondary N) is 2. The molecule has 0 radical (unpaired) electrons. The molecule has 0 bridgehead atoms. The van der Waals surface area contributed by atoms with Crippen molar-refractivity contribution in [2.24, 2.45) is 5.16 Å². The Labute approximate surface area is 97.7 Å². The van der Waals surface area contributed by atoms with Gasteiger partial charge in [-0.3, -0.25) is 10.2 Å². The van der Waals surface area contributed by atoms with Crippen molar-refractivity contribution in [1.82, 2.24) is 9.97 Å². The van der Waals surface area contributed by atoms with Gasteiger partial charge in [0.1, 0.15) is 0 Å². The number of oxime groups is 1. The maximum absolute atomic E-state index is 11.2. The second kappa shape index (κ2) is 4.65. The minimum Gasteiger partial charge on any atom is -0.324 e. The summed E-state index contributed by atoms with van der Waals surface area (Å²) in [5, 5.41) is 5.80. The summed E-state index contributed by atoms with van der Waals surface area (Å²) < 4.78 is 0. The fraction of sp³-hybridized carbons (Fsp3) is 0.182. The van der Waals surface area contributed by atoms with Crippen LogP contribution in [-0.4, -0.2) is 22.3 Å². The molecule has 0 aliphatic carbocycles. The first-order valence-corrected chi connectivity index (χ1v) is 5.11. The topological polar surface area (TPSA) is 79.4 Å². The van der Waals surface area contributed by atoms with Crippen molar-refractivity contribution < 1.29 is 9.63 Å². The van der Waals surface area contributed by atoms with Gasteiger partial charge in [0.15, 0.2) is 0 Å². The third-order valence-corrected chi connectivity index (χ3v) is 2.10. The zero-order valence-corrected chi connectivity index (χ0v) is 9.52. The molecule has 0 unspecified atom stereocenters. The van der Waals surface area contributed by atoms with E-state index in [1.165, 1.54) is 6.21 Å². The van der Waals surface area contributed by atoms with Crippen molar-refractivity contribution in [3.8, 4) is 0 Å². The molecule has 0 saturated heterocycles. The maximum atomic E-state index is 11.2. The highest BCUT2D eigenvalue weighted by Gasteiger charge is 2.07. The Bertz CT molecular complexity index is 574. The smallest absolute Gasteiger partial charge is 0.324 e. The molecule has 2 aromatic rings. The summed E-state index contributed by atoms with van der Waals surface area (Å²) in [6.07, 6.45) is 0.695. The van der Waals surface area contributed by atoms with Gasteiger partial charge in [-0.25, -0.2) is 9.78 Å². The van der Waals surface area contributed by atoms with E-state index in [0.29, 0.717) is 5.95 Å². The van der Waals surface area contributed by atoms with E-state index < -0.39 is 6.09 Å². The normalized spacial score (nSPS) is 10.9. The third kappa shape index (κ3) is 2.60. The largest absolute Gasteiger partial charge is 0.440 e. The number of amides is 1. The first kappa shape index (κ1) is 11.1. The summed E-state index contributed by atoms with van der Waals surface area (Å²) in [7, 11) is 0. The van der Waals surface area contributed by atoms with Gasteiger partial charge in [0, 0.05) is 6.21 Å². The minimum absolute atomic E-state index is 0.335. The number of anilines is 1. The lowest BCUT2D eigenvalue weighted by molar-refractivity contribution is 0.167. The predicted octanol–water partition coefficient (Wildman–Crippen LogP) is 2.43. The molecular formula is C11H12N4O2. The number of H-pyrrole nitrogens is 1. The van der Waals surface area contributed by atoms with Crippen LogP contribution < -0.4 is 5.32 Å². The van der Waals surface area contributed by atoms with E-state index in [0.717, 1.165) is 16.6 Å². The number of aryl methyl sites for hydroxylation is 1. The van der Waals surface area contributed by atoms with Crippen LogP contribution in [0.4, 0.5) is 10.7 Å². The van der Waals surface area contributed by atoms with Crippen LogP contribution in [0.15, 0.2) is 23.4 Å². The van der Waals surface area contributed by atoms with Crippen molar-refractivity contribution in [2.75, 3.05) is 5.32 Å². The lowest BCUT2D eigenvalue weighted by Crippen LogP contribution is -2.11. The van der Waals surface area contributed by atoms with Crippen LogP contribution in [0, 0.1) is 6.92 Å². The number of benzene rings is 1. The quantitative estimate of drug-likeness (QED) is 0.474. The van der Waals surface area contributed by atoms with Gasteiger partial charge in [-0.15, -0.1) is 0 Å². The monoisotopic (exact) mass is 232 g/mol. The number of hydrogen-bond acceptors (Lipinski definition) is 4. The van der Waals surface area contributed by atoms with Gasteiger partial charge in [-0.2, -0.15) is 0 Å². The van der Waals surface area contributed by atoms with E-state index >= 15 is 0 Å². The van der Waals surface area contributed by atoms with Crippen molar-refractivity contribution in [1.29, 1.82) is 0 Å². The van der Waals surface area contributed by atoms with Crippen LogP contribution >= 0.6 is 0 Å². The summed E-state index contributed by atoms with van der Waals surface area (Å²) in [6.45, 7) is 3.63. The molecule has 0 atom stereocenters. The zero-order chi connectivity index (χ0) is 12.3. The second-order valence-electron chi connectivity index (χ2n) is 3.47.